The van der Waals surface area contributed by atoms with Gasteiger partial charge in [-0.1, -0.05) is 98.9 Å². The molecule has 57 heavy (non-hydrogen) atoms. The Morgan fingerprint density at radius 2 is 1.04 bits per heavy atom. The number of pyridine rings is 2. The smallest absolute Gasteiger partial charge is 0.338 e. The number of aromatic carboxylic acids is 1. The lowest BCUT2D eigenvalue weighted by Gasteiger charge is -2.11. The average Bonchev–Trinajstić information content (AvgIpc) is 3.84. The van der Waals surface area contributed by atoms with Crippen LogP contribution in [0.2, 0.25) is 49.6 Å². The molecular formula is C36H40Cl2N8O7S2Si2. The first-order valence-corrected chi connectivity index (χ1v) is 27.7. The zero-order valence-electron chi connectivity index (χ0n) is 31.6. The molecule has 0 atom stereocenters. The van der Waals surface area contributed by atoms with E-state index in [0.717, 1.165) is 10.6 Å². The van der Waals surface area contributed by atoms with Crippen LogP contribution < -0.4 is 20.5 Å². The lowest BCUT2D eigenvalue weighted by Crippen LogP contribution is -2.39. The number of aromatic nitrogens is 6. The summed E-state index contributed by atoms with van der Waals surface area (Å²) in [6.45, 7) is 13.1. The normalized spacial score (nSPS) is 11.7. The maximum Gasteiger partial charge on any atom is 0.338 e. The molecule has 0 spiro atoms. The number of nitrogens with one attached hydrogen (secondary N) is 1. The van der Waals surface area contributed by atoms with Crippen molar-refractivity contribution < 1.29 is 31.5 Å². The molecule has 0 unspecified atom stereocenters. The van der Waals surface area contributed by atoms with Crippen LogP contribution >= 0.6 is 23.2 Å². The molecule has 0 saturated heterocycles. The Hall–Kier alpha value is -5.03. The first-order chi connectivity index (χ1) is 26.5. The third-order valence-corrected chi connectivity index (χ3v) is 14.1. The second-order valence-electron chi connectivity index (χ2n) is 14.2. The molecule has 0 bridgehead atoms. The van der Waals surface area contributed by atoms with E-state index < -0.39 is 48.1 Å². The number of amides is 1. The van der Waals surface area contributed by atoms with E-state index in [1.54, 1.807) is 64.1 Å². The number of nitrogens with two attached hydrogens (primary N) is 1. The van der Waals surface area contributed by atoms with Crippen LogP contribution in [0, 0.1) is 0 Å². The largest absolute Gasteiger partial charge is 0.478 e. The zero-order chi connectivity index (χ0) is 42.3. The van der Waals surface area contributed by atoms with Gasteiger partial charge >= 0.3 is 5.97 Å². The molecule has 21 heteroatoms. The number of carbonyl (C=O) groups excluding carboxylic acids is 1. The van der Waals surface area contributed by atoms with Crippen LogP contribution in [0.3, 0.4) is 0 Å². The standard InChI is InChI=1S/C18H19ClN4O3SSi.C12H14ClN3O2Si.C6H7NO2S/c1-28(2,3)16-11-12-23(21-16)15-10-9-14(17(19)20-15)18(24)22-27(25,26)13-7-5-4-6-8-13;1-19(2,3)10-6-7-16(15-10)9-5-4-8(12(17)18)11(13)14-9;7-10(8,9)6-4-2-1-3-5-6/h4-12H,1-3H3,(H,22,24);4-7H,1-3H3,(H,17,18);1-5H,(H2,7,8,9). The molecule has 15 nitrogen and oxygen atoms in total. The first-order valence-electron chi connectivity index (χ1n) is 16.9. The molecule has 1 amide bonds. The topological polar surface area (TPSA) is 222 Å². The van der Waals surface area contributed by atoms with Crippen LogP contribution in [0.25, 0.3) is 11.6 Å². The van der Waals surface area contributed by atoms with Gasteiger partial charge in [0.1, 0.15) is 26.5 Å². The number of nitrogens with zero attached hydrogens (tertiary/aromatic N) is 6. The van der Waals surface area contributed by atoms with Crippen molar-refractivity contribution in [1.29, 1.82) is 0 Å². The van der Waals surface area contributed by atoms with Gasteiger partial charge in [-0.05, 0) is 60.7 Å². The minimum absolute atomic E-state index is 0.0111. The second kappa shape index (κ2) is 18.1. The van der Waals surface area contributed by atoms with Crippen LogP contribution in [-0.2, 0) is 20.0 Å². The Bertz CT molecular complexity index is 2600. The predicted molar refractivity (Wildman–Crippen MR) is 225 cm³/mol. The molecule has 0 aliphatic rings. The monoisotopic (exact) mass is 886 g/mol. The quantitative estimate of drug-likeness (QED) is 0.128. The highest BCUT2D eigenvalue weighted by molar-refractivity contribution is 7.90. The predicted octanol–water partition coefficient (Wildman–Crippen LogP) is 5.08. The molecule has 0 saturated carbocycles. The second-order valence-corrected chi connectivity index (χ2v) is 28.2. The van der Waals surface area contributed by atoms with Crippen molar-refractivity contribution in [2.45, 2.75) is 49.1 Å². The fraction of sp³-hybridized carbons (Fsp3) is 0.167. The minimum atomic E-state index is -4.00. The zero-order valence-corrected chi connectivity index (χ0v) is 36.8. The number of hydrogen-bond donors (Lipinski definition) is 3. The van der Waals surface area contributed by atoms with Gasteiger partial charge in [-0.25, -0.2) is 50.8 Å². The third kappa shape index (κ3) is 12.2. The third-order valence-electron chi connectivity index (χ3n) is 7.68. The highest BCUT2D eigenvalue weighted by Crippen LogP contribution is 2.18. The van der Waals surface area contributed by atoms with Gasteiger partial charge in [-0.3, -0.25) is 4.79 Å². The van der Waals surface area contributed by atoms with Gasteiger partial charge in [-0.15, -0.1) is 0 Å². The molecule has 6 rings (SSSR count). The van der Waals surface area contributed by atoms with Crippen LogP contribution in [0.4, 0.5) is 0 Å². The number of carbonyl (C=O) groups is 2. The molecule has 6 aromatic rings. The maximum absolute atomic E-state index is 12.4. The van der Waals surface area contributed by atoms with Gasteiger partial charge in [0, 0.05) is 23.0 Å². The van der Waals surface area contributed by atoms with Crippen LogP contribution in [-0.4, -0.2) is 79.5 Å². The van der Waals surface area contributed by atoms with E-state index in [0.29, 0.717) is 11.6 Å². The minimum Gasteiger partial charge on any atom is -0.478 e. The fourth-order valence-electron chi connectivity index (χ4n) is 4.58. The molecule has 4 N–H and O–H groups in total. The number of hydrogen-bond acceptors (Lipinski definition) is 10. The summed E-state index contributed by atoms with van der Waals surface area (Å²) in [4.78, 5) is 31.7. The number of halogens is 2. The van der Waals surface area contributed by atoms with E-state index >= 15 is 0 Å². The molecule has 0 aliphatic carbocycles. The summed E-state index contributed by atoms with van der Waals surface area (Å²) >= 11 is 12.0. The summed E-state index contributed by atoms with van der Waals surface area (Å²) in [6.07, 6.45) is 3.60. The van der Waals surface area contributed by atoms with Crippen molar-refractivity contribution >= 4 is 81.9 Å². The highest BCUT2D eigenvalue weighted by atomic mass is 35.5. The number of sulfonamides is 2. The molecule has 0 radical (unpaired) electrons. The van der Waals surface area contributed by atoms with E-state index in [4.69, 9.17) is 33.4 Å². The van der Waals surface area contributed by atoms with E-state index in [9.17, 15) is 26.4 Å². The van der Waals surface area contributed by atoms with Gasteiger partial charge in [-0.2, -0.15) is 10.2 Å². The van der Waals surface area contributed by atoms with Gasteiger partial charge < -0.3 is 5.11 Å². The Morgan fingerprint density at radius 1 is 0.632 bits per heavy atom. The number of rotatable bonds is 9. The van der Waals surface area contributed by atoms with E-state index in [1.807, 2.05) is 23.1 Å². The van der Waals surface area contributed by atoms with Crippen molar-refractivity contribution in [2.24, 2.45) is 5.14 Å². The number of carboxylic acids is 1. The molecule has 4 heterocycles. The van der Waals surface area contributed by atoms with Crippen molar-refractivity contribution in [3.8, 4) is 11.6 Å². The highest BCUT2D eigenvalue weighted by Gasteiger charge is 2.23. The van der Waals surface area contributed by atoms with Crippen molar-refractivity contribution in [3.05, 3.63) is 131 Å². The van der Waals surface area contributed by atoms with Crippen molar-refractivity contribution in [3.63, 3.8) is 0 Å². The summed E-state index contributed by atoms with van der Waals surface area (Å²) < 4.78 is 51.0. The van der Waals surface area contributed by atoms with E-state index in [1.165, 1.54) is 36.4 Å². The number of carboxylic acid groups (broad SMARTS) is 1. The summed E-state index contributed by atoms with van der Waals surface area (Å²) in [7, 11) is -10.5. The molecular weight excluding hydrogens is 848 g/mol. The lowest BCUT2D eigenvalue weighted by atomic mass is 10.3. The first kappa shape index (κ1) is 44.7. The summed E-state index contributed by atoms with van der Waals surface area (Å²) in [5.41, 5.74) is -0.0505. The van der Waals surface area contributed by atoms with Crippen molar-refractivity contribution in [2.75, 3.05) is 0 Å². The fourth-order valence-corrected chi connectivity index (χ4v) is 8.54. The Labute approximate surface area is 342 Å². The molecule has 0 fully saturated rings. The molecule has 300 valence electrons. The average molecular weight is 888 g/mol. The molecule has 4 aromatic heterocycles. The van der Waals surface area contributed by atoms with Crippen LogP contribution in [0.5, 0.6) is 0 Å². The molecule has 0 aliphatic heterocycles. The maximum atomic E-state index is 12.4. The van der Waals surface area contributed by atoms with Crippen LogP contribution in [0.15, 0.2) is 119 Å². The summed E-state index contributed by atoms with van der Waals surface area (Å²) in [6, 6.07) is 25.4. The summed E-state index contributed by atoms with van der Waals surface area (Å²) in [5.74, 6) is -0.986. The van der Waals surface area contributed by atoms with Gasteiger partial charge in [0.2, 0.25) is 10.0 Å². The summed E-state index contributed by atoms with van der Waals surface area (Å²) in [5, 5.41) is 24.7. The number of benzene rings is 2. The number of primary sulfonamides is 1. The molecule has 2 aromatic carbocycles. The SMILES string of the molecule is C[Si](C)(C)c1ccn(-c2ccc(C(=O)NS(=O)(=O)c3ccccc3)c(Cl)n2)n1.C[Si](C)(C)c1ccn(-c2ccc(C(=O)O)c(Cl)n2)n1.NS(=O)(=O)c1ccccc1. The van der Waals surface area contributed by atoms with E-state index in [-0.39, 0.29) is 31.2 Å². The Morgan fingerprint density at radius 3 is 1.37 bits per heavy atom. The van der Waals surface area contributed by atoms with Gasteiger partial charge in [0.25, 0.3) is 15.9 Å². The van der Waals surface area contributed by atoms with Gasteiger partial charge in [0.15, 0.2) is 11.6 Å². The Balaban J connectivity index is 0.000000213. The van der Waals surface area contributed by atoms with Crippen LogP contribution in [0.1, 0.15) is 20.7 Å². The Kier molecular flexibility index (Phi) is 14.2. The lowest BCUT2D eigenvalue weighted by molar-refractivity contribution is 0.0696. The van der Waals surface area contributed by atoms with E-state index in [2.05, 4.69) is 59.4 Å². The van der Waals surface area contributed by atoms with Crippen molar-refractivity contribution in [1.82, 2.24) is 34.3 Å². The van der Waals surface area contributed by atoms with Gasteiger partial charge in [0.05, 0.1) is 20.9 Å².